The van der Waals surface area contributed by atoms with Crippen LogP contribution >= 0.6 is 11.8 Å². The van der Waals surface area contributed by atoms with Crippen LogP contribution in [-0.4, -0.2) is 33.8 Å². The summed E-state index contributed by atoms with van der Waals surface area (Å²) in [7, 11) is 0. The zero-order valence-corrected chi connectivity index (χ0v) is 17.6. The summed E-state index contributed by atoms with van der Waals surface area (Å²) in [5, 5.41) is 0.486. The lowest BCUT2D eigenvalue weighted by atomic mass is 9.92. The molecule has 0 spiro atoms. The Morgan fingerprint density at radius 1 is 1.36 bits per heavy atom. The minimum absolute atomic E-state index is 0.00860. The Kier molecular flexibility index (Phi) is 6.08. The Labute approximate surface area is 170 Å². The van der Waals surface area contributed by atoms with Crippen LogP contribution in [-0.2, 0) is 14.3 Å². The number of ether oxygens (including phenoxy) is 1. The summed E-state index contributed by atoms with van der Waals surface area (Å²) >= 11 is 1.47. The van der Waals surface area contributed by atoms with Gasteiger partial charge < -0.3 is 4.74 Å². The zero-order chi connectivity index (χ0) is 20.4. The molecular weight excluding hydrogens is 372 g/mol. The van der Waals surface area contributed by atoms with Crippen molar-refractivity contribution in [3.8, 4) is 0 Å². The Balaban J connectivity index is 2.08. The third-order valence-electron chi connectivity index (χ3n) is 4.99. The van der Waals surface area contributed by atoms with Crippen LogP contribution in [0, 0.1) is 0 Å². The molecule has 0 radical (unpaired) electrons. The summed E-state index contributed by atoms with van der Waals surface area (Å²) in [5.41, 5.74) is 3.09. The lowest BCUT2D eigenvalue weighted by Crippen LogP contribution is -2.40. The number of carbonyl (C=O) groups is 2. The number of amidine groups is 1. The van der Waals surface area contributed by atoms with E-state index in [4.69, 9.17) is 4.74 Å². The maximum absolute atomic E-state index is 13.1. The van der Waals surface area contributed by atoms with Gasteiger partial charge in [-0.25, -0.2) is 9.79 Å². The van der Waals surface area contributed by atoms with E-state index in [1.54, 1.807) is 11.8 Å². The summed E-state index contributed by atoms with van der Waals surface area (Å²) in [5.74, 6) is -0.0677. The Hall–Kier alpha value is -2.34. The molecule has 148 valence electrons. The number of esters is 1. The molecule has 6 heteroatoms. The Morgan fingerprint density at radius 2 is 2.04 bits per heavy atom. The van der Waals surface area contributed by atoms with Crippen molar-refractivity contribution < 1.29 is 14.3 Å². The zero-order valence-electron chi connectivity index (χ0n) is 16.8. The summed E-state index contributed by atoms with van der Waals surface area (Å²) < 4.78 is 5.32. The van der Waals surface area contributed by atoms with Gasteiger partial charge in [0.05, 0.1) is 22.6 Å². The third kappa shape index (κ3) is 3.65. The molecule has 1 saturated heterocycles. The van der Waals surface area contributed by atoms with E-state index in [0.29, 0.717) is 28.8 Å². The van der Waals surface area contributed by atoms with Gasteiger partial charge in [0.2, 0.25) is 5.91 Å². The van der Waals surface area contributed by atoms with Crippen molar-refractivity contribution >= 4 is 28.8 Å². The van der Waals surface area contributed by atoms with Gasteiger partial charge in [0.15, 0.2) is 5.17 Å². The van der Waals surface area contributed by atoms with Crippen LogP contribution in [0.4, 0.5) is 0 Å². The van der Waals surface area contributed by atoms with Crippen LogP contribution in [0.25, 0.3) is 0 Å². The Bertz CT molecular complexity index is 855. The van der Waals surface area contributed by atoms with Gasteiger partial charge in [0, 0.05) is 0 Å². The molecule has 2 atom stereocenters. The second kappa shape index (κ2) is 8.35. The molecule has 1 aromatic carbocycles. The summed E-state index contributed by atoms with van der Waals surface area (Å²) in [6.07, 6.45) is 2.25. The van der Waals surface area contributed by atoms with Gasteiger partial charge in [-0.15, -0.1) is 0 Å². The van der Waals surface area contributed by atoms with Crippen molar-refractivity contribution in [1.82, 2.24) is 4.90 Å². The van der Waals surface area contributed by atoms with Crippen molar-refractivity contribution in [3.05, 3.63) is 59.3 Å². The molecule has 2 aliphatic rings. The first-order chi connectivity index (χ1) is 13.4. The molecule has 5 nitrogen and oxygen atoms in total. The molecule has 0 aliphatic carbocycles. The van der Waals surface area contributed by atoms with Gasteiger partial charge in [0.1, 0.15) is 6.61 Å². The number of aliphatic imine (C=N–C) groups is 1. The molecule has 1 fully saturated rings. The molecule has 0 bridgehead atoms. The molecule has 1 aromatic rings. The second-order valence-corrected chi connectivity index (χ2v) is 8.40. The van der Waals surface area contributed by atoms with Crippen molar-refractivity contribution in [3.63, 3.8) is 0 Å². The third-order valence-corrected chi connectivity index (χ3v) is 6.31. The maximum Gasteiger partial charge on any atom is 0.338 e. The standard InChI is InChI=1S/C22H26N2O3S/c1-6-12-27-21(26)18-14(5)23-22-24(20(25)17(7-2)28-22)19(18)16-10-8-15(9-11-16)13(3)4/h6,8-11,13,17,19H,1,7,12H2,2-5H3. The van der Waals surface area contributed by atoms with E-state index in [9.17, 15) is 9.59 Å². The SMILES string of the molecule is C=CCOC(=O)C1=C(C)N=C2SC(CC)C(=O)N2C1c1ccc(C(C)C)cc1. The van der Waals surface area contributed by atoms with E-state index in [-0.39, 0.29) is 17.8 Å². The first-order valence-corrected chi connectivity index (χ1v) is 10.4. The summed E-state index contributed by atoms with van der Waals surface area (Å²) in [4.78, 5) is 32.1. The fourth-order valence-electron chi connectivity index (χ4n) is 3.44. The van der Waals surface area contributed by atoms with Crippen LogP contribution in [0.2, 0.25) is 0 Å². The largest absolute Gasteiger partial charge is 0.458 e. The fourth-order valence-corrected chi connectivity index (χ4v) is 4.58. The van der Waals surface area contributed by atoms with E-state index >= 15 is 0 Å². The number of hydrogen-bond acceptors (Lipinski definition) is 5. The first kappa shape index (κ1) is 20.4. The van der Waals surface area contributed by atoms with E-state index < -0.39 is 12.0 Å². The number of amides is 1. The van der Waals surface area contributed by atoms with Gasteiger partial charge in [-0.2, -0.15) is 0 Å². The predicted molar refractivity (Wildman–Crippen MR) is 113 cm³/mol. The van der Waals surface area contributed by atoms with Crippen LogP contribution in [0.15, 0.2) is 53.2 Å². The highest BCUT2D eigenvalue weighted by molar-refractivity contribution is 8.15. The fraction of sp³-hybridized carbons (Fsp3) is 0.409. The minimum Gasteiger partial charge on any atom is -0.458 e. The van der Waals surface area contributed by atoms with Crippen LogP contribution < -0.4 is 0 Å². The predicted octanol–water partition coefficient (Wildman–Crippen LogP) is 4.58. The van der Waals surface area contributed by atoms with Crippen molar-refractivity contribution in [2.24, 2.45) is 4.99 Å². The minimum atomic E-state index is -0.525. The number of carbonyl (C=O) groups excluding carboxylic acids is 2. The molecule has 2 aliphatic heterocycles. The molecule has 28 heavy (non-hydrogen) atoms. The Morgan fingerprint density at radius 3 is 2.61 bits per heavy atom. The monoisotopic (exact) mass is 398 g/mol. The first-order valence-electron chi connectivity index (χ1n) is 9.56. The van der Waals surface area contributed by atoms with Gasteiger partial charge in [-0.1, -0.05) is 69.5 Å². The summed E-state index contributed by atoms with van der Waals surface area (Å²) in [6, 6.07) is 7.57. The van der Waals surface area contributed by atoms with Crippen LogP contribution in [0.1, 0.15) is 57.2 Å². The molecule has 2 heterocycles. The maximum atomic E-state index is 13.1. The second-order valence-electron chi connectivity index (χ2n) is 7.23. The van der Waals surface area contributed by atoms with E-state index in [1.807, 2.05) is 19.1 Å². The van der Waals surface area contributed by atoms with Crippen LogP contribution in [0.5, 0.6) is 0 Å². The molecule has 0 aromatic heterocycles. The molecule has 0 saturated carbocycles. The number of benzene rings is 1. The average molecular weight is 399 g/mol. The molecule has 3 rings (SSSR count). The van der Waals surface area contributed by atoms with Crippen molar-refractivity contribution in [2.45, 2.75) is 51.3 Å². The lowest BCUT2D eigenvalue weighted by molar-refractivity contribution is -0.139. The number of hydrogen-bond donors (Lipinski definition) is 0. The van der Waals surface area contributed by atoms with Gasteiger partial charge >= 0.3 is 5.97 Å². The van der Waals surface area contributed by atoms with Crippen molar-refractivity contribution in [1.29, 1.82) is 0 Å². The highest BCUT2D eigenvalue weighted by Gasteiger charge is 2.47. The van der Waals surface area contributed by atoms with Gasteiger partial charge in [-0.05, 0) is 30.4 Å². The normalized spacial score (nSPS) is 21.7. The van der Waals surface area contributed by atoms with Gasteiger partial charge in [0.25, 0.3) is 0 Å². The quantitative estimate of drug-likeness (QED) is 0.520. The smallest absolute Gasteiger partial charge is 0.338 e. The number of allylic oxidation sites excluding steroid dienone is 1. The molecular formula is C22H26N2O3S. The molecule has 1 amide bonds. The van der Waals surface area contributed by atoms with Gasteiger partial charge in [-0.3, -0.25) is 9.69 Å². The van der Waals surface area contributed by atoms with Crippen LogP contribution in [0.3, 0.4) is 0 Å². The highest BCUT2D eigenvalue weighted by Crippen LogP contribution is 2.44. The van der Waals surface area contributed by atoms with Crippen molar-refractivity contribution in [2.75, 3.05) is 6.61 Å². The van der Waals surface area contributed by atoms with E-state index in [2.05, 4.69) is 37.6 Å². The van der Waals surface area contributed by atoms with E-state index in [1.165, 1.54) is 23.4 Å². The number of thioether (sulfide) groups is 1. The lowest BCUT2D eigenvalue weighted by Gasteiger charge is -2.33. The number of nitrogens with zero attached hydrogens (tertiary/aromatic N) is 2. The average Bonchev–Trinajstić information content (AvgIpc) is 3.00. The number of rotatable bonds is 6. The molecule has 2 unspecified atom stereocenters. The highest BCUT2D eigenvalue weighted by atomic mass is 32.2. The summed E-state index contributed by atoms with van der Waals surface area (Å²) in [6.45, 7) is 11.8. The van der Waals surface area contributed by atoms with E-state index in [0.717, 1.165) is 5.56 Å². The molecule has 0 N–H and O–H groups in total. The number of fused-ring (bicyclic) bond motifs is 1. The topological polar surface area (TPSA) is 59.0 Å².